The number of thiophene rings is 1. The van der Waals surface area contributed by atoms with Gasteiger partial charge in [0, 0.05) is 47.3 Å². The molecule has 0 aliphatic carbocycles. The van der Waals surface area contributed by atoms with Crippen molar-refractivity contribution in [2.24, 2.45) is 0 Å². The smallest absolute Gasteiger partial charge is 0.155 e. The average molecular weight is 621 g/mol. The van der Waals surface area contributed by atoms with Crippen molar-refractivity contribution in [3.05, 3.63) is 89.3 Å². The minimum atomic E-state index is -0.125. The van der Waals surface area contributed by atoms with Gasteiger partial charge in [-0.05, 0) is 63.1 Å². The molecule has 2 aromatic heterocycles. The summed E-state index contributed by atoms with van der Waals surface area (Å²) in [5.74, 6) is -0.0625. The van der Waals surface area contributed by atoms with Gasteiger partial charge in [-0.25, -0.2) is 0 Å². The molecular formula is C27H26IrNO2S-. The number of hydrogen-bond acceptors (Lipinski definition) is 4. The molecule has 0 aliphatic heterocycles. The first kappa shape index (κ1) is 25.7. The van der Waals surface area contributed by atoms with Gasteiger partial charge in [-0.2, -0.15) is 0 Å². The normalized spacial score (nSPS) is 10.8. The summed E-state index contributed by atoms with van der Waals surface area (Å²) in [6.07, 6.45) is 3.14. The molecule has 5 heteroatoms. The van der Waals surface area contributed by atoms with Crippen molar-refractivity contribution in [1.29, 1.82) is 0 Å². The topological polar surface area (TPSA) is 50.2 Å². The summed E-state index contributed by atoms with van der Waals surface area (Å²) < 4.78 is 1.27. The van der Waals surface area contributed by atoms with Crippen LogP contribution < -0.4 is 0 Å². The first-order chi connectivity index (χ1) is 14.7. The number of pyridine rings is 1. The third-order valence-electron chi connectivity index (χ3n) is 4.72. The van der Waals surface area contributed by atoms with Gasteiger partial charge in [0.15, 0.2) is 5.78 Å². The Bertz CT molecular complexity index is 1230. The number of aryl methyl sites for hydroxylation is 3. The van der Waals surface area contributed by atoms with E-state index in [0.29, 0.717) is 0 Å². The molecule has 0 saturated carbocycles. The summed E-state index contributed by atoms with van der Waals surface area (Å²) in [4.78, 5) is 16.0. The van der Waals surface area contributed by atoms with Gasteiger partial charge < -0.3 is 10.1 Å². The summed E-state index contributed by atoms with van der Waals surface area (Å²) >= 11 is 1.84. The van der Waals surface area contributed by atoms with E-state index in [9.17, 15) is 4.79 Å². The molecule has 2 aromatic carbocycles. The maximum Gasteiger partial charge on any atom is 0.155 e. The maximum atomic E-state index is 10.0. The second kappa shape index (κ2) is 11.3. The number of rotatable bonds is 3. The molecule has 1 radical (unpaired) electrons. The Morgan fingerprint density at radius 2 is 1.75 bits per heavy atom. The monoisotopic (exact) mass is 621 g/mol. The second-order valence-corrected chi connectivity index (χ2v) is 8.75. The van der Waals surface area contributed by atoms with Gasteiger partial charge in [-0.3, -0.25) is 4.79 Å². The van der Waals surface area contributed by atoms with Gasteiger partial charge in [-0.15, -0.1) is 47.2 Å². The van der Waals surface area contributed by atoms with E-state index in [0.717, 1.165) is 11.3 Å². The van der Waals surface area contributed by atoms with Crippen molar-refractivity contribution in [1.82, 2.24) is 4.98 Å². The predicted octanol–water partition coefficient (Wildman–Crippen LogP) is 7.39. The molecular weight excluding hydrogens is 595 g/mol. The summed E-state index contributed by atoms with van der Waals surface area (Å²) in [6, 6.07) is 20.2. The zero-order chi connectivity index (χ0) is 22.5. The molecule has 0 aliphatic rings. The summed E-state index contributed by atoms with van der Waals surface area (Å²) in [6.45, 7) is 9.40. The van der Waals surface area contributed by atoms with Gasteiger partial charge in [0.2, 0.25) is 0 Å². The number of hydrogen-bond donors (Lipinski definition) is 1. The number of aliphatic hydroxyl groups excluding tert-OH is 1. The number of allylic oxidation sites excluding steroid dienone is 2. The minimum absolute atomic E-state index is 0. The van der Waals surface area contributed by atoms with Crippen molar-refractivity contribution in [3.8, 4) is 21.7 Å². The molecule has 4 rings (SSSR count). The third-order valence-corrected chi connectivity index (χ3v) is 5.84. The van der Waals surface area contributed by atoms with Crippen LogP contribution in [0.5, 0.6) is 0 Å². The number of carbonyl (C=O) groups is 1. The number of ketones is 1. The molecule has 0 amide bonds. The molecule has 0 saturated heterocycles. The van der Waals surface area contributed by atoms with Gasteiger partial charge in [0.05, 0.1) is 5.76 Å². The van der Waals surface area contributed by atoms with Crippen LogP contribution in [-0.2, 0) is 24.9 Å². The van der Waals surface area contributed by atoms with E-state index in [1.54, 1.807) is 0 Å². The third kappa shape index (κ3) is 6.46. The Morgan fingerprint density at radius 1 is 1.06 bits per heavy atom. The number of benzene rings is 2. The molecule has 2 heterocycles. The maximum absolute atomic E-state index is 10.0. The van der Waals surface area contributed by atoms with E-state index in [1.807, 2.05) is 35.7 Å². The van der Waals surface area contributed by atoms with Gasteiger partial charge in [-0.1, -0.05) is 23.8 Å². The SMILES string of the molecule is CC(=O)/C=C(/C)O.Cc1cc(C)c(-c2cc3cnc(-c4[c-]cccc4)cc3s2)c(C)c1.[Ir]. The summed E-state index contributed by atoms with van der Waals surface area (Å²) in [7, 11) is 0. The molecule has 32 heavy (non-hydrogen) atoms. The van der Waals surface area contributed by atoms with Crippen LogP contribution in [0, 0.1) is 26.8 Å². The van der Waals surface area contributed by atoms with Crippen LogP contribution in [0.15, 0.2) is 66.6 Å². The predicted molar refractivity (Wildman–Crippen MR) is 131 cm³/mol. The number of carbonyl (C=O) groups excluding carboxylic acids is 1. The van der Waals surface area contributed by atoms with Crippen LogP contribution in [0.1, 0.15) is 30.5 Å². The molecule has 4 aromatic rings. The van der Waals surface area contributed by atoms with Crippen LogP contribution in [0.3, 0.4) is 0 Å². The molecule has 0 unspecified atom stereocenters. The first-order valence-corrected chi connectivity index (χ1v) is 10.9. The molecule has 0 fully saturated rings. The second-order valence-electron chi connectivity index (χ2n) is 7.66. The quantitative estimate of drug-likeness (QED) is 0.148. The first-order valence-electron chi connectivity index (χ1n) is 10.1. The zero-order valence-electron chi connectivity index (χ0n) is 18.8. The minimum Gasteiger partial charge on any atom is -0.512 e. The van der Waals surface area contributed by atoms with Crippen molar-refractivity contribution in [2.75, 3.05) is 0 Å². The van der Waals surface area contributed by atoms with Gasteiger partial charge in [0.25, 0.3) is 0 Å². The number of nitrogens with zero attached hydrogens (tertiary/aromatic N) is 1. The number of aliphatic hydroxyl groups is 1. The molecule has 1 N–H and O–H groups in total. The fraction of sp³-hybridized carbons (Fsp3) is 0.185. The summed E-state index contributed by atoms with van der Waals surface area (Å²) in [5, 5.41) is 9.57. The van der Waals surface area contributed by atoms with Crippen molar-refractivity contribution in [3.63, 3.8) is 0 Å². The Kier molecular flexibility index (Phi) is 9.09. The molecule has 0 spiro atoms. The van der Waals surface area contributed by atoms with Crippen LogP contribution >= 0.6 is 11.3 Å². The fourth-order valence-electron chi connectivity index (χ4n) is 3.62. The van der Waals surface area contributed by atoms with E-state index in [-0.39, 0.29) is 31.6 Å². The van der Waals surface area contributed by atoms with E-state index in [4.69, 9.17) is 5.11 Å². The largest absolute Gasteiger partial charge is 0.512 e. The molecule has 0 bridgehead atoms. The van der Waals surface area contributed by atoms with Crippen LogP contribution in [-0.4, -0.2) is 15.9 Å². The molecule has 167 valence electrons. The standard InChI is InChI=1S/C22H18NS.C5H8O2.Ir/c1-14-9-15(2)22(16(3)10-14)21-11-18-13-23-19(12-20(18)24-21)17-7-5-4-6-8-17;1-4(6)3-5(2)7;/h4-7,9-13H,1-3H3;3,6H,1-2H3;/q-1;;/b;4-3-;. The van der Waals surface area contributed by atoms with E-state index >= 15 is 0 Å². The van der Waals surface area contributed by atoms with Crippen molar-refractivity contribution in [2.45, 2.75) is 34.6 Å². The van der Waals surface area contributed by atoms with Crippen molar-refractivity contribution >= 4 is 27.2 Å². The van der Waals surface area contributed by atoms with Gasteiger partial charge in [0.1, 0.15) is 0 Å². The Morgan fingerprint density at radius 3 is 2.28 bits per heavy atom. The molecule has 3 nitrogen and oxygen atoms in total. The Balaban J connectivity index is 0.000000398. The van der Waals surface area contributed by atoms with E-state index in [2.05, 4.69) is 62.2 Å². The van der Waals surface area contributed by atoms with Gasteiger partial charge >= 0.3 is 0 Å². The fourth-order valence-corrected chi connectivity index (χ4v) is 4.87. The average Bonchev–Trinajstić information content (AvgIpc) is 3.10. The van der Waals surface area contributed by atoms with E-state index < -0.39 is 0 Å². The summed E-state index contributed by atoms with van der Waals surface area (Å²) in [5.41, 5.74) is 7.37. The Labute approximate surface area is 207 Å². The van der Waals surface area contributed by atoms with Crippen molar-refractivity contribution < 1.29 is 30.0 Å². The Hall–Kier alpha value is -2.59. The van der Waals surface area contributed by atoms with Crippen LogP contribution in [0.25, 0.3) is 31.8 Å². The zero-order valence-corrected chi connectivity index (χ0v) is 22.0. The van der Waals surface area contributed by atoms with E-state index in [1.165, 1.54) is 57.1 Å². The van der Waals surface area contributed by atoms with Crippen LogP contribution in [0.2, 0.25) is 0 Å². The molecule has 0 atom stereocenters. The number of fused-ring (bicyclic) bond motifs is 1. The number of aromatic nitrogens is 1. The van der Waals surface area contributed by atoms with Crippen LogP contribution in [0.4, 0.5) is 0 Å².